The average molecular weight is 663 g/mol. The molecule has 0 aliphatic carbocycles. The zero-order valence-electron chi connectivity index (χ0n) is 28.5. The normalized spacial score (nSPS) is 11.5. The van der Waals surface area contributed by atoms with Crippen LogP contribution in [0.4, 0.5) is 17.1 Å². The fraction of sp³-hybridized carbons (Fsp3) is 0. The van der Waals surface area contributed by atoms with E-state index in [1.165, 1.54) is 65.6 Å². The predicted octanol–water partition coefficient (Wildman–Crippen LogP) is 13.9. The minimum Gasteiger partial charge on any atom is -0.310 e. The molecule has 9 aromatic carbocycles. The lowest BCUT2D eigenvalue weighted by Gasteiger charge is -2.26. The molecule has 0 unspecified atom stereocenters. The Labute approximate surface area is 303 Å². The van der Waals surface area contributed by atoms with Gasteiger partial charge in [0.05, 0.1) is 11.0 Å². The highest BCUT2D eigenvalue weighted by atomic mass is 15.1. The van der Waals surface area contributed by atoms with Crippen molar-refractivity contribution < 1.29 is 0 Å². The van der Waals surface area contributed by atoms with Gasteiger partial charge in [-0.2, -0.15) is 0 Å². The summed E-state index contributed by atoms with van der Waals surface area (Å²) in [4.78, 5) is 2.35. The Balaban J connectivity index is 1.01. The maximum Gasteiger partial charge on any atom is 0.0547 e. The first-order valence-corrected chi connectivity index (χ1v) is 17.8. The lowest BCUT2D eigenvalue weighted by molar-refractivity contribution is 1.18. The van der Waals surface area contributed by atoms with Gasteiger partial charge in [0.25, 0.3) is 0 Å². The van der Waals surface area contributed by atoms with Crippen LogP contribution in [0.15, 0.2) is 206 Å². The molecule has 10 rings (SSSR count). The van der Waals surface area contributed by atoms with Gasteiger partial charge in [0.2, 0.25) is 0 Å². The lowest BCUT2D eigenvalue weighted by Crippen LogP contribution is -2.09. The number of anilines is 3. The molecule has 244 valence electrons. The second kappa shape index (κ2) is 12.5. The first-order valence-electron chi connectivity index (χ1n) is 17.8. The van der Waals surface area contributed by atoms with Crippen molar-refractivity contribution in [3.8, 4) is 27.9 Å². The molecular formula is C50H34N2. The van der Waals surface area contributed by atoms with Gasteiger partial charge < -0.3 is 9.47 Å². The molecule has 2 nitrogen and oxygen atoms in total. The number of para-hydroxylation sites is 1. The molecule has 0 aliphatic rings. The van der Waals surface area contributed by atoms with Crippen molar-refractivity contribution in [3.63, 3.8) is 0 Å². The van der Waals surface area contributed by atoms with E-state index < -0.39 is 0 Å². The Bertz CT molecular complexity index is 2870. The molecule has 0 amide bonds. The van der Waals surface area contributed by atoms with E-state index in [1.807, 2.05) is 0 Å². The first-order chi connectivity index (χ1) is 25.8. The Kier molecular flexibility index (Phi) is 7.18. The lowest BCUT2D eigenvalue weighted by atomic mass is 10.0. The van der Waals surface area contributed by atoms with Crippen LogP contribution in [0.5, 0.6) is 0 Å². The van der Waals surface area contributed by atoms with E-state index in [0.717, 1.165) is 22.7 Å². The molecule has 0 saturated heterocycles. The van der Waals surface area contributed by atoms with Gasteiger partial charge in [-0.15, -0.1) is 0 Å². The summed E-state index contributed by atoms with van der Waals surface area (Å²) in [5, 5.41) is 7.52. The van der Waals surface area contributed by atoms with Crippen molar-refractivity contribution >= 4 is 60.4 Å². The summed E-state index contributed by atoms with van der Waals surface area (Å²) in [6, 6.07) is 74.7. The van der Waals surface area contributed by atoms with Crippen molar-refractivity contribution in [2.24, 2.45) is 0 Å². The highest BCUT2D eigenvalue weighted by Crippen LogP contribution is 2.39. The second-order valence-electron chi connectivity index (χ2n) is 13.4. The van der Waals surface area contributed by atoms with Crippen LogP contribution in [0.1, 0.15) is 0 Å². The molecule has 10 aromatic rings. The molecule has 0 N–H and O–H groups in total. The van der Waals surface area contributed by atoms with Gasteiger partial charge in [-0.05, 0) is 111 Å². The molecule has 0 atom stereocenters. The predicted molar refractivity (Wildman–Crippen MR) is 221 cm³/mol. The minimum atomic E-state index is 1.11. The third kappa shape index (κ3) is 5.21. The van der Waals surface area contributed by atoms with Crippen LogP contribution in [0.3, 0.4) is 0 Å². The highest BCUT2D eigenvalue weighted by Gasteiger charge is 2.16. The van der Waals surface area contributed by atoms with Crippen molar-refractivity contribution in [1.82, 2.24) is 4.57 Å². The first kappa shape index (κ1) is 30.0. The molecule has 1 aromatic heterocycles. The molecule has 0 bridgehead atoms. The molecule has 52 heavy (non-hydrogen) atoms. The number of aromatic nitrogens is 1. The fourth-order valence-electron chi connectivity index (χ4n) is 7.74. The van der Waals surface area contributed by atoms with E-state index in [2.05, 4.69) is 216 Å². The van der Waals surface area contributed by atoms with Gasteiger partial charge in [-0.3, -0.25) is 0 Å². The van der Waals surface area contributed by atoms with Crippen molar-refractivity contribution in [2.45, 2.75) is 0 Å². The van der Waals surface area contributed by atoms with Gasteiger partial charge in [-0.25, -0.2) is 0 Å². The minimum absolute atomic E-state index is 1.11. The van der Waals surface area contributed by atoms with E-state index in [4.69, 9.17) is 0 Å². The van der Waals surface area contributed by atoms with E-state index in [9.17, 15) is 0 Å². The van der Waals surface area contributed by atoms with Crippen molar-refractivity contribution in [2.75, 3.05) is 4.90 Å². The third-order valence-corrected chi connectivity index (χ3v) is 10.3. The number of benzene rings is 9. The van der Waals surface area contributed by atoms with E-state index in [0.29, 0.717) is 0 Å². The molecule has 0 aliphatic heterocycles. The van der Waals surface area contributed by atoms with Crippen LogP contribution in [-0.2, 0) is 0 Å². The van der Waals surface area contributed by atoms with Crippen LogP contribution in [0, 0.1) is 0 Å². The van der Waals surface area contributed by atoms with Crippen LogP contribution < -0.4 is 4.90 Å². The van der Waals surface area contributed by atoms with Gasteiger partial charge in [0.1, 0.15) is 0 Å². The summed E-state index contributed by atoms with van der Waals surface area (Å²) in [7, 11) is 0. The summed E-state index contributed by atoms with van der Waals surface area (Å²) in [5.74, 6) is 0. The maximum atomic E-state index is 2.40. The standard InChI is InChI=1S/C50H34N2/c1-2-10-35(11-3-1)37-18-25-43(26-19-37)51(46-31-24-36-12-4-5-13-40(36)32-46)44-27-20-38(21-28-44)39-22-29-45(30-23-39)52-49-17-9-8-16-47(49)48-33-41-14-6-7-15-42(41)34-50(48)52/h1-34H. The van der Waals surface area contributed by atoms with Gasteiger partial charge in [-0.1, -0.05) is 140 Å². The summed E-state index contributed by atoms with van der Waals surface area (Å²) in [6.45, 7) is 0. The van der Waals surface area contributed by atoms with Crippen molar-refractivity contribution in [1.29, 1.82) is 0 Å². The highest BCUT2D eigenvalue weighted by molar-refractivity contribution is 6.13. The number of rotatable bonds is 6. The number of hydrogen-bond acceptors (Lipinski definition) is 1. The third-order valence-electron chi connectivity index (χ3n) is 10.3. The molecule has 1 heterocycles. The molecule has 0 saturated carbocycles. The monoisotopic (exact) mass is 662 g/mol. The van der Waals surface area contributed by atoms with Crippen LogP contribution >= 0.6 is 0 Å². The van der Waals surface area contributed by atoms with Gasteiger partial charge in [0.15, 0.2) is 0 Å². The summed E-state index contributed by atoms with van der Waals surface area (Å²) >= 11 is 0. The van der Waals surface area contributed by atoms with E-state index in [1.54, 1.807) is 0 Å². The van der Waals surface area contributed by atoms with Crippen LogP contribution in [0.2, 0.25) is 0 Å². The summed E-state index contributed by atoms with van der Waals surface area (Å²) < 4.78 is 2.40. The van der Waals surface area contributed by atoms with Crippen LogP contribution in [0.25, 0.3) is 71.3 Å². The summed E-state index contributed by atoms with van der Waals surface area (Å²) in [6.07, 6.45) is 0. The van der Waals surface area contributed by atoms with Gasteiger partial charge in [0, 0.05) is 33.5 Å². The second-order valence-corrected chi connectivity index (χ2v) is 13.4. The zero-order valence-corrected chi connectivity index (χ0v) is 28.5. The number of nitrogens with zero attached hydrogens (tertiary/aromatic N) is 2. The fourth-order valence-corrected chi connectivity index (χ4v) is 7.74. The van der Waals surface area contributed by atoms with Gasteiger partial charge >= 0.3 is 0 Å². The molecule has 0 radical (unpaired) electrons. The Hall–Kier alpha value is -6.90. The Morgan fingerprint density at radius 3 is 1.42 bits per heavy atom. The quantitative estimate of drug-likeness (QED) is 0.172. The van der Waals surface area contributed by atoms with Crippen LogP contribution in [-0.4, -0.2) is 4.57 Å². The summed E-state index contributed by atoms with van der Waals surface area (Å²) in [5.41, 5.74) is 11.7. The molecule has 2 heteroatoms. The molecule has 0 fully saturated rings. The Morgan fingerprint density at radius 1 is 0.288 bits per heavy atom. The Morgan fingerprint density at radius 2 is 0.769 bits per heavy atom. The molecular weight excluding hydrogens is 629 g/mol. The maximum absolute atomic E-state index is 2.40. The molecule has 0 spiro atoms. The smallest absolute Gasteiger partial charge is 0.0547 e. The number of fused-ring (bicyclic) bond motifs is 5. The largest absolute Gasteiger partial charge is 0.310 e. The van der Waals surface area contributed by atoms with E-state index >= 15 is 0 Å². The van der Waals surface area contributed by atoms with E-state index in [-0.39, 0.29) is 0 Å². The number of hydrogen-bond donors (Lipinski definition) is 0. The SMILES string of the molecule is c1ccc(-c2ccc(N(c3ccc(-c4ccc(-n5c6ccccc6c6cc7ccccc7cc65)cc4)cc3)c3ccc4ccccc4c3)cc2)cc1. The van der Waals surface area contributed by atoms with Crippen molar-refractivity contribution in [3.05, 3.63) is 206 Å². The zero-order chi connectivity index (χ0) is 34.4. The topological polar surface area (TPSA) is 8.17 Å². The average Bonchev–Trinajstić information content (AvgIpc) is 3.54.